The Morgan fingerprint density at radius 2 is 1.78 bits per heavy atom. The molecule has 0 saturated carbocycles. The van der Waals surface area contributed by atoms with Gasteiger partial charge >= 0.3 is 0 Å². The third kappa shape index (κ3) is 5.22. The molecule has 0 saturated heterocycles. The van der Waals surface area contributed by atoms with Crippen LogP contribution in [0, 0.1) is 25.2 Å². The molecular weight excluding hydrogens is 220 g/mol. The fourth-order valence-electron chi connectivity index (χ4n) is 2.56. The van der Waals surface area contributed by atoms with Gasteiger partial charge in [0.2, 0.25) is 0 Å². The van der Waals surface area contributed by atoms with Crippen molar-refractivity contribution in [2.45, 2.75) is 47.5 Å². The van der Waals surface area contributed by atoms with E-state index in [1.807, 2.05) is 0 Å². The second kappa shape index (κ2) is 6.38. The van der Waals surface area contributed by atoms with Crippen LogP contribution in [0.2, 0.25) is 0 Å². The van der Waals surface area contributed by atoms with Gasteiger partial charge in [0.1, 0.15) is 0 Å². The smallest absolute Gasteiger partial charge is 0.0493 e. The molecule has 0 amide bonds. The summed E-state index contributed by atoms with van der Waals surface area (Å²) in [5.74, 6) is 0.608. The molecule has 18 heavy (non-hydrogen) atoms. The van der Waals surface area contributed by atoms with Crippen molar-refractivity contribution in [3.63, 3.8) is 0 Å². The summed E-state index contributed by atoms with van der Waals surface area (Å²) in [6, 6.07) is 6.81. The molecule has 1 aromatic rings. The Morgan fingerprint density at radius 1 is 1.11 bits per heavy atom. The van der Waals surface area contributed by atoms with Crippen molar-refractivity contribution in [1.29, 1.82) is 0 Å². The molecule has 1 aromatic carbocycles. The van der Waals surface area contributed by atoms with Crippen LogP contribution < -0.4 is 0 Å². The Hall–Kier alpha value is -0.820. The van der Waals surface area contributed by atoms with Crippen molar-refractivity contribution in [3.8, 4) is 0 Å². The molecule has 0 aromatic heterocycles. The highest BCUT2D eigenvalue weighted by Gasteiger charge is 2.19. The van der Waals surface area contributed by atoms with E-state index in [2.05, 4.69) is 52.8 Å². The highest BCUT2D eigenvalue weighted by atomic mass is 16.5. The van der Waals surface area contributed by atoms with Crippen LogP contribution in [-0.4, -0.2) is 13.7 Å². The van der Waals surface area contributed by atoms with Crippen molar-refractivity contribution in [3.05, 3.63) is 34.9 Å². The third-order valence-corrected chi connectivity index (χ3v) is 3.40. The minimum Gasteiger partial charge on any atom is -0.384 e. The lowest BCUT2D eigenvalue weighted by atomic mass is 9.82. The average Bonchev–Trinajstić information content (AvgIpc) is 2.21. The van der Waals surface area contributed by atoms with Gasteiger partial charge in [0, 0.05) is 13.7 Å². The Balaban J connectivity index is 2.73. The molecule has 1 heteroatoms. The largest absolute Gasteiger partial charge is 0.384 e. The van der Waals surface area contributed by atoms with Crippen LogP contribution in [0.4, 0.5) is 0 Å². The predicted octanol–water partition coefficient (Wildman–Crippen LogP) is 4.54. The fraction of sp³-hybridized carbons (Fsp3) is 0.647. The van der Waals surface area contributed by atoms with Gasteiger partial charge in [-0.3, -0.25) is 0 Å². The first-order chi connectivity index (χ1) is 8.31. The van der Waals surface area contributed by atoms with Crippen LogP contribution >= 0.6 is 0 Å². The zero-order valence-electron chi connectivity index (χ0n) is 12.8. The Labute approximate surface area is 113 Å². The van der Waals surface area contributed by atoms with Gasteiger partial charge in [-0.25, -0.2) is 0 Å². The van der Waals surface area contributed by atoms with E-state index in [1.54, 1.807) is 7.11 Å². The van der Waals surface area contributed by atoms with Gasteiger partial charge < -0.3 is 4.74 Å². The summed E-state index contributed by atoms with van der Waals surface area (Å²) >= 11 is 0. The quantitative estimate of drug-likeness (QED) is 0.743. The van der Waals surface area contributed by atoms with Crippen molar-refractivity contribution in [1.82, 2.24) is 0 Å². The molecule has 0 spiro atoms. The molecule has 102 valence electrons. The van der Waals surface area contributed by atoms with Crippen LogP contribution in [0.3, 0.4) is 0 Å². The summed E-state index contributed by atoms with van der Waals surface area (Å²) < 4.78 is 5.38. The summed E-state index contributed by atoms with van der Waals surface area (Å²) in [7, 11) is 1.80. The maximum absolute atomic E-state index is 5.38. The summed E-state index contributed by atoms with van der Waals surface area (Å²) in [4.78, 5) is 0. The summed E-state index contributed by atoms with van der Waals surface area (Å²) in [6.45, 7) is 12.1. The number of hydrogen-bond acceptors (Lipinski definition) is 1. The lowest BCUT2D eigenvalue weighted by Crippen LogP contribution is -2.19. The number of ether oxygens (including phenoxy) is 1. The first kappa shape index (κ1) is 15.2. The van der Waals surface area contributed by atoms with Crippen LogP contribution in [0.5, 0.6) is 0 Å². The molecule has 0 aliphatic heterocycles. The predicted molar refractivity (Wildman–Crippen MR) is 79.1 cm³/mol. The van der Waals surface area contributed by atoms with Gasteiger partial charge in [-0.05, 0) is 54.7 Å². The lowest BCUT2D eigenvalue weighted by Gasteiger charge is -2.25. The molecule has 1 rings (SSSR count). The molecule has 0 aliphatic rings. The van der Waals surface area contributed by atoms with E-state index in [-0.39, 0.29) is 0 Å². The zero-order valence-corrected chi connectivity index (χ0v) is 12.8. The Kier molecular flexibility index (Phi) is 5.40. The topological polar surface area (TPSA) is 9.23 Å². The highest BCUT2D eigenvalue weighted by molar-refractivity contribution is 5.30. The standard InChI is InChI=1S/C17H28O/c1-13-7-8-15(9-14(13)2)10-16(12-18-6)11-17(3,4)5/h7-9,16H,10-12H2,1-6H3. The zero-order chi connectivity index (χ0) is 13.8. The van der Waals surface area contributed by atoms with Crippen molar-refractivity contribution >= 4 is 0 Å². The molecule has 1 unspecified atom stereocenters. The third-order valence-electron chi connectivity index (χ3n) is 3.40. The maximum Gasteiger partial charge on any atom is 0.0493 e. The SMILES string of the molecule is COCC(Cc1ccc(C)c(C)c1)CC(C)(C)C. The molecule has 0 radical (unpaired) electrons. The molecule has 1 atom stereocenters. The van der Waals surface area contributed by atoms with E-state index < -0.39 is 0 Å². The van der Waals surface area contributed by atoms with E-state index in [0.717, 1.165) is 13.0 Å². The highest BCUT2D eigenvalue weighted by Crippen LogP contribution is 2.27. The van der Waals surface area contributed by atoms with Crippen molar-refractivity contribution < 1.29 is 4.74 Å². The second-order valence-corrected chi connectivity index (χ2v) is 6.71. The summed E-state index contributed by atoms with van der Waals surface area (Å²) in [5.41, 5.74) is 4.56. The molecule has 0 bridgehead atoms. The normalized spacial score (nSPS) is 13.7. The average molecular weight is 248 g/mol. The number of aryl methyl sites for hydroxylation is 2. The van der Waals surface area contributed by atoms with Crippen molar-refractivity contribution in [2.24, 2.45) is 11.3 Å². The minimum atomic E-state index is 0.364. The van der Waals surface area contributed by atoms with E-state index in [9.17, 15) is 0 Å². The van der Waals surface area contributed by atoms with Crippen molar-refractivity contribution in [2.75, 3.05) is 13.7 Å². The van der Waals surface area contributed by atoms with Crippen LogP contribution in [0.15, 0.2) is 18.2 Å². The first-order valence-electron chi connectivity index (χ1n) is 6.87. The lowest BCUT2D eigenvalue weighted by molar-refractivity contribution is 0.126. The van der Waals surface area contributed by atoms with E-state index in [4.69, 9.17) is 4.74 Å². The van der Waals surface area contributed by atoms with Crippen LogP contribution in [0.1, 0.15) is 43.9 Å². The molecule has 0 fully saturated rings. The maximum atomic E-state index is 5.38. The van der Waals surface area contributed by atoms with Gasteiger partial charge in [-0.1, -0.05) is 39.0 Å². The number of hydrogen-bond donors (Lipinski definition) is 0. The summed E-state index contributed by atoms with van der Waals surface area (Å²) in [5, 5.41) is 0. The van der Waals surface area contributed by atoms with Gasteiger partial charge in [-0.15, -0.1) is 0 Å². The number of rotatable bonds is 5. The van der Waals surface area contributed by atoms with Gasteiger partial charge in [0.15, 0.2) is 0 Å². The number of methoxy groups -OCH3 is 1. The van der Waals surface area contributed by atoms with Gasteiger partial charge in [-0.2, -0.15) is 0 Å². The van der Waals surface area contributed by atoms with Crippen LogP contribution in [0.25, 0.3) is 0 Å². The monoisotopic (exact) mass is 248 g/mol. The number of benzene rings is 1. The van der Waals surface area contributed by atoms with Gasteiger partial charge in [0.25, 0.3) is 0 Å². The molecule has 0 aliphatic carbocycles. The molecule has 1 nitrogen and oxygen atoms in total. The molecular formula is C17H28O. The van der Waals surface area contributed by atoms with E-state index in [0.29, 0.717) is 11.3 Å². The summed E-state index contributed by atoms with van der Waals surface area (Å²) in [6.07, 6.45) is 2.32. The Morgan fingerprint density at radius 3 is 2.28 bits per heavy atom. The molecule has 0 N–H and O–H groups in total. The Bertz CT molecular complexity index is 374. The van der Waals surface area contributed by atoms with E-state index in [1.165, 1.54) is 23.1 Å². The fourth-order valence-corrected chi connectivity index (χ4v) is 2.56. The van der Waals surface area contributed by atoms with Crippen LogP contribution in [-0.2, 0) is 11.2 Å². The van der Waals surface area contributed by atoms with Gasteiger partial charge in [0.05, 0.1) is 0 Å². The second-order valence-electron chi connectivity index (χ2n) is 6.71. The first-order valence-corrected chi connectivity index (χ1v) is 6.87. The molecule has 0 heterocycles. The van der Waals surface area contributed by atoms with E-state index >= 15 is 0 Å². The minimum absolute atomic E-state index is 0.364.